The first-order chi connectivity index (χ1) is 7.67. The maximum absolute atomic E-state index is 12.1. The number of halogens is 1. The first-order valence-corrected chi connectivity index (χ1v) is 7.18. The molecular weight excluding hydrogens is 270 g/mol. The lowest BCUT2D eigenvalue weighted by atomic mass is 9.77. The molecular formula is C12H22BrNO2. The Balaban J connectivity index is 2.42. The van der Waals surface area contributed by atoms with Gasteiger partial charge in [-0.2, -0.15) is 0 Å². The van der Waals surface area contributed by atoms with Gasteiger partial charge in [-0.1, -0.05) is 15.9 Å². The lowest BCUT2D eigenvalue weighted by Crippen LogP contribution is -2.45. The number of rotatable bonds is 7. The van der Waals surface area contributed by atoms with Crippen LogP contribution in [-0.2, 0) is 9.53 Å². The van der Waals surface area contributed by atoms with Crippen molar-refractivity contribution in [3.8, 4) is 0 Å². The van der Waals surface area contributed by atoms with Crippen molar-refractivity contribution in [2.75, 3.05) is 25.5 Å². The van der Waals surface area contributed by atoms with E-state index in [1.165, 1.54) is 6.42 Å². The molecule has 0 unspecified atom stereocenters. The van der Waals surface area contributed by atoms with Gasteiger partial charge in [-0.05, 0) is 32.6 Å². The van der Waals surface area contributed by atoms with Gasteiger partial charge in [-0.15, -0.1) is 0 Å². The number of ether oxygens (including phenoxy) is 1. The third-order valence-corrected chi connectivity index (χ3v) is 4.03. The van der Waals surface area contributed by atoms with E-state index < -0.39 is 0 Å². The predicted octanol–water partition coefficient (Wildman–Crippen LogP) is 2.58. The van der Waals surface area contributed by atoms with E-state index in [2.05, 4.69) is 15.9 Å². The standard InChI is InChI=1S/C12H22BrNO2/c1-3-14(9-5-8-13)11(15)10-12(16-2)6-4-7-12/h3-10H2,1-2H3. The summed E-state index contributed by atoms with van der Waals surface area (Å²) in [5, 5.41) is 0.951. The van der Waals surface area contributed by atoms with Gasteiger partial charge in [0.1, 0.15) is 0 Å². The zero-order valence-electron chi connectivity index (χ0n) is 10.3. The summed E-state index contributed by atoms with van der Waals surface area (Å²) in [7, 11) is 1.72. The van der Waals surface area contributed by atoms with Crippen LogP contribution in [0.25, 0.3) is 0 Å². The highest BCUT2D eigenvalue weighted by atomic mass is 79.9. The Morgan fingerprint density at radius 3 is 2.56 bits per heavy atom. The molecule has 1 saturated carbocycles. The maximum Gasteiger partial charge on any atom is 0.225 e. The van der Waals surface area contributed by atoms with Crippen molar-refractivity contribution in [1.29, 1.82) is 0 Å². The highest BCUT2D eigenvalue weighted by Crippen LogP contribution is 2.38. The highest BCUT2D eigenvalue weighted by Gasteiger charge is 2.39. The van der Waals surface area contributed by atoms with Crippen molar-refractivity contribution in [3.63, 3.8) is 0 Å². The van der Waals surface area contributed by atoms with Crippen LogP contribution in [0, 0.1) is 0 Å². The molecule has 94 valence electrons. The Morgan fingerprint density at radius 1 is 1.50 bits per heavy atom. The fourth-order valence-electron chi connectivity index (χ4n) is 2.12. The van der Waals surface area contributed by atoms with E-state index in [0.29, 0.717) is 6.42 Å². The molecule has 0 atom stereocenters. The van der Waals surface area contributed by atoms with Crippen LogP contribution in [0.5, 0.6) is 0 Å². The second kappa shape index (κ2) is 6.60. The molecule has 0 radical (unpaired) electrons. The van der Waals surface area contributed by atoms with Crippen LogP contribution < -0.4 is 0 Å². The molecule has 1 aliphatic carbocycles. The molecule has 0 aliphatic heterocycles. The van der Waals surface area contributed by atoms with Crippen molar-refractivity contribution in [3.05, 3.63) is 0 Å². The van der Waals surface area contributed by atoms with Crippen molar-refractivity contribution in [1.82, 2.24) is 4.90 Å². The number of nitrogens with zero attached hydrogens (tertiary/aromatic N) is 1. The molecule has 0 N–H and O–H groups in total. The largest absolute Gasteiger partial charge is 0.378 e. The van der Waals surface area contributed by atoms with Crippen LogP contribution >= 0.6 is 15.9 Å². The Morgan fingerprint density at radius 2 is 2.19 bits per heavy atom. The van der Waals surface area contributed by atoms with Gasteiger partial charge in [0, 0.05) is 25.5 Å². The van der Waals surface area contributed by atoms with Gasteiger partial charge in [0.15, 0.2) is 0 Å². The fourth-order valence-corrected chi connectivity index (χ4v) is 2.37. The number of alkyl halides is 1. The van der Waals surface area contributed by atoms with Crippen LogP contribution in [0.3, 0.4) is 0 Å². The topological polar surface area (TPSA) is 29.5 Å². The normalized spacial score (nSPS) is 17.9. The first-order valence-electron chi connectivity index (χ1n) is 6.06. The van der Waals surface area contributed by atoms with Crippen LogP contribution in [0.2, 0.25) is 0 Å². The number of amides is 1. The highest BCUT2D eigenvalue weighted by molar-refractivity contribution is 9.09. The summed E-state index contributed by atoms with van der Waals surface area (Å²) < 4.78 is 5.49. The van der Waals surface area contributed by atoms with Crippen molar-refractivity contribution in [2.45, 2.75) is 44.6 Å². The number of methoxy groups -OCH3 is 1. The lowest BCUT2D eigenvalue weighted by Gasteiger charge is -2.41. The molecule has 0 saturated heterocycles. The van der Waals surface area contributed by atoms with Gasteiger partial charge in [0.2, 0.25) is 5.91 Å². The molecule has 1 fully saturated rings. The van der Waals surface area contributed by atoms with Crippen molar-refractivity contribution < 1.29 is 9.53 Å². The van der Waals surface area contributed by atoms with E-state index in [0.717, 1.165) is 37.7 Å². The van der Waals surface area contributed by atoms with Crippen LogP contribution in [0.1, 0.15) is 39.0 Å². The monoisotopic (exact) mass is 291 g/mol. The third-order valence-electron chi connectivity index (χ3n) is 3.47. The van der Waals surface area contributed by atoms with Crippen LogP contribution in [-0.4, -0.2) is 41.9 Å². The molecule has 0 bridgehead atoms. The Bertz CT molecular complexity index is 224. The molecule has 0 aromatic rings. The van der Waals surface area contributed by atoms with Crippen LogP contribution in [0.4, 0.5) is 0 Å². The minimum atomic E-state index is -0.140. The minimum absolute atomic E-state index is 0.140. The Labute approximate surface area is 107 Å². The van der Waals surface area contributed by atoms with E-state index >= 15 is 0 Å². The van der Waals surface area contributed by atoms with E-state index in [-0.39, 0.29) is 11.5 Å². The zero-order chi connectivity index (χ0) is 12.0. The SMILES string of the molecule is CCN(CCCBr)C(=O)CC1(OC)CCC1. The molecule has 0 aromatic heterocycles. The fraction of sp³-hybridized carbons (Fsp3) is 0.917. The molecule has 1 rings (SSSR count). The summed E-state index contributed by atoms with van der Waals surface area (Å²) in [6, 6.07) is 0. The van der Waals surface area contributed by atoms with Gasteiger partial charge in [-0.25, -0.2) is 0 Å². The van der Waals surface area contributed by atoms with Gasteiger partial charge >= 0.3 is 0 Å². The van der Waals surface area contributed by atoms with Gasteiger partial charge in [-0.3, -0.25) is 4.79 Å². The van der Waals surface area contributed by atoms with Crippen LogP contribution in [0.15, 0.2) is 0 Å². The van der Waals surface area contributed by atoms with E-state index in [1.807, 2.05) is 11.8 Å². The number of carbonyl (C=O) groups is 1. The van der Waals surface area contributed by atoms with E-state index in [9.17, 15) is 4.79 Å². The number of hydrogen-bond acceptors (Lipinski definition) is 2. The molecule has 0 heterocycles. The van der Waals surface area contributed by atoms with Gasteiger partial charge < -0.3 is 9.64 Å². The first kappa shape index (κ1) is 14.0. The molecule has 1 amide bonds. The third kappa shape index (κ3) is 3.45. The zero-order valence-corrected chi connectivity index (χ0v) is 11.9. The van der Waals surface area contributed by atoms with Gasteiger partial charge in [0.05, 0.1) is 12.0 Å². The molecule has 1 aliphatic rings. The summed E-state index contributed by atoms with van der Waals surface area (Å²) in [6.45, 7) is 3.68. The average Bonchev–Trinajstić information content (AvgIpc) is 2.24. The number of hydrogen-bond donors (Lipinski definition) is 0. The van der Waals surface area contributed by atoms with Crippen molar-refractivity contribution >= 4 is 21.8 Å². The Hall–Kier alpha value is -0.0900. The lowest BCUT2D eigenvalue weighted by molar-refractivity contribution is -0.143. The smallest absolute Gasteiger partial charge is 0.225 e. The minimum Gasteiger partial charge on any atom is -0.378 e. The van der Waals surface area contributed by atoms with Crippen molar-refractivity contribution in [2.24, 2.45) is 0 Å². The summed E-state index contributed by atoms with van der Waals surface area (Å²) in [6.07, 6.45) is 4.82. The second-order valence-electron chi connectivity index (χ2n) is 4.43. The predicted molar refractivity (Wildman–Crippen MR) is 68.9 cm³/mol. The molecule has 16 heavy (non-hydrogen) atoms. The van der Waals surface area contributed by atoms with E-state index in [1.54, 1.807) is 7.11 Å². The summed E-state index contributed by atoms with van der Waals surface area (Å²) in [5.41, 5.74) is -0.140. The molecule has 0 aromatic carbocycles. The quantitative estimate of drug-likeness (QED) is 0.675. The Kier molecular flexibility index (Phi) is 5.76. The van der Waals surface area contributed by atoms with E-state index in [4.69, 9.17) is 4.74 Å². The second-order valence-corrected chi connectivity index (χ2v) is 5.23. The molecule has 0 spiro atoms. The summed E-state index contributed by atoms with van der Waals surface area (Å²) >= 11 is 3.39. The molecule has 3 nitrogen and oxygen atoms in total. The average molecular weight is 292 g/mol. The maximum atomic E-state index is 12.1. The molecule has 4 heteroatoms. The van der Waals surface area contributed by atoms with Gasteiger partial charge in [0.25, 0.3) is 0 Å². The summed E-state index contributed by atoms with van der Waals surface area (Å²) in [5.74, 6) is 0.241. The number of carbonyl (C=O) groups excluding carboxylic acids is 1. The summed E-state index contributed by atoms with van der Waals surface area (Å²) in [4.78, 5) is 14.0.